The van der Waals surface area contributed by atoms with E-state index in [0.717, 1.165) is 31.7 Å². The van der Waals surface area contributed by atoms with E-state index in [4.69, 9.17) is 5.73 Å². The van der Waals surface area contributed by atoms with Gasteiger partial charge in [0.15, 0.2) is 0 Å². The first-order chi connectivity index (χ1) is 6.56. The van der Waals surface area contributed by atoms with Crippen molar-refractivity contribution in [3.8, 4) is 0 Å². The van der Waals surface area contributed by atoms with Crippen molar-refractivity contribution in [1.82, 2.24) is 5.32 Å². The molecule has 0 aliphatic heterocycles. The van der Waals surface area contributed by atoms with Crippen LogP contribution in [0.15, 0.2) is 0 Å². The fourth-order valence-electron chi connectivity index (χ4n) is 1.63. The van der Waals surface area contributed by atoms with Crippen LogP contribution in [0.25, 0.3) is 0 Å². The predicted octanol–water partition coefficient (Wildman–Crippen LogP) is 1.42. The Balaban J connectivity index is 2.17. The lowest BCUT2D eigenvalue weighted by Crippen LogP contribution is -2.51. The number of rotatable bonds is 6. The van der Waals surface area contributed by atoms with E-state index in [-0.39, 0.29) is 5.91 Å². The molecular weight excluding hydrogens is 176 g/mol. The van der Waals surface area contributed by atoms with E-state index < -0.39 is 5.54 Å². The van der Waals surface area contributed by atoms with Crippen LogP contribution >= 0.6 is 0 Å². The summed E-state index contributed by atoms with van der Waals surface area (Å²) in [5, 5.41) is 2.92. The first-order valence-electron chi connectivity index (χ1n) is 5.63. The van der Waals surface area contributed by atoms with Gasteiger partial charge >= 0.3 is 0 Å². The molecule has 0 saturated heterocycles. The molecule has 14 heavy (non-hydrogen) atoms. The zero-order valence-electron chi connectivity index (χ0n) is 9.31. The molecule has 0 bridgehead atoms. The molecule has 3 heteroatoms. The van der Waals surface area contributed by atoms with Crippen LogP contribution in [-0.4, -0.2) is 18.0 Å². The Bertz CT molecular complexity index is 197. The minimum absolute atomic E-state index is 0.000000000000000444. The third kappa shape index (κ3) is 3.66. The van der Waals surface area contributed by atoms with E-state index in [1.54, 1.807) is 0 Å². The molecule has 1 aliphatic carbocycles. The van der Waals surface area contributed by atoms with E-state index in [2.05, 4.69) is 5.32 Å². The second-order valence-electron chi connectivity index (χ2n) is 4.66. The molecular formula is C11H22N2O. The van der Waals surface area contributed by atoms with Gasteiger partial charge in [0, 0.05) is 6.54 Å². The third-order valence-electron chi connectivity index (χ3n) is 2.82. The number of nitrogens with two attached hydrogens (primary N) is 1. The molecule has 0 aromatic heterocycles. The maximum Gasteiger partial charge on any atom is 0.239 e. The number of carbonyl (C=O) groups is 1. The second kappa shape index (κ2) is 4.78. The molecule has 0 aromatic carbocycles. The lowest BCUT2D eigenvalue weighted by Gasteiger charge is -2.22. The normalized spacial score (nSPS) is 20.2. The molecule has 82 valence electrons. The van der Waals surface area contributed by atoms with Crippen LogP contribution in [0.2, 0.25) is 0 Å². The van der Waals surface area contributed by atoms with Crippen LogP contribution in [-0.2, 0) is 4.79 Å². The molecule has 1 amide bonds. The number of amides is 1. The summed E-state index contributed by atoms with van der Waals surface area (Å²) in [7, 11) is 0. The Morgan fingerprint density at radius 2 is 2.21 bits per heavy atom. The van der Waals surface area contributed by atoms with Gasteiger partial charge < -0.3 is 11.1 Å². The predicted molar refractivity (Wildman–Crippen MR) is 57.9 cm³/mol. The van der Waals surface area contributed by atoms with Gasteiger partial charge in [-0.25, -0.2) is 0 Å². The van der Waals surface area contributed by atoms with E-state index >= 15 is 0 Å². The first-order valence-corrected chi connectivity index (χ1v) is 5.63. The molecule has 1 unspecified atom stereocenters. The molecule has 1 fully saturated rings. The summed E-state index contributed by atoms with van der Waals surface area (Å²) in [6.45, 7) is 4.64. The summed E-state index contributed by atoms with van der Waals surface area (Å²) >= 11 is 0. The van der Waals surface area contributed by atoms with Crippen LogP contribution in [0.1, 0.15) is 46.0 Å². The van der Waals surface area contributed by atoms with Crippen molar-refractivity contribution in [3.05, 3.63) is 0 Å². The maximum atomic E-state index is 11.6. The molecule has 1 aliphatic rings. The molecule has 1 atom stereocenters. The van der Waals surface area contributed by atoms with Crippen LogP contribution < -0.4 is 11.1 Å². The average Bonchev–Trinajstić information content (AvgIpc) is 2.87. The fourth-order valence-corrected chi connectivity index (χ4v) is 1.63. The minimum atomic E-state index is -0.682. The highest BCUT2D eigenvalue weighted by Crippen LogP contribution is 2.31. The largest absolute Gasteiger partial charge is 0.355 e. The topological polar surface area (TPSA) is 55.1 Å². The van der Waals surface area contributed by atoms with Crippen molar-refractivity contribution in [2.75, 3.05) is 6.54 Å². The SMILES string of the molecule is CCCC(C)(N)C(=O)NCCC1CC1. The maximum absolute atomic E-state index is 11.6. The van der Waals surface area contributed by atoms with E-state index in [1.807, 2.05) is 13.8 Å². The van der Waals surface area contributed by atoms with Crippen molar-refractivity contribution in [2.45, 2.75) is 51.5 Å². The van der Waals surface area contributed by atoms with Crippen molar-refractivity contribution in [2.24, 2.45) is 11.7 Å². The Morgan fingerprint density at radius 1 is 1.57 bits per heavy atom. The van der Waals surface area contributed by atoms with Gasteiger partial charge in [-0.05, 0) is 25.7 Å². The zero-order valence-corrected chi connectivity index (χ0v) is 9.31. The Hall–Kier alpha value is -0.570. The highest BCUT2D eigenvalue weighted by Gasteiger charge is 2.27. The molecule has 3 N–H and O–H groups in total. The molecule has 0 radical (unpaired) electrons. The van der Waals surface area contributed by atoms with Gasteiger partial charge in [-0.3, -0.25) is 4.79 Å². The third-order valence-corrected chi connectivity index (χ3v) is 2.82. The van der Waals surface area contributed by atoms with Gasteiger partial charge in [-0.2, -0.15) is 0 Å². The van der Waals surface area contributed by atoms with Gasteiger partial charge in [0.1, 0.15) is 0 Å². The summed E-state index contributed by atoms with van der Waals surface area (Å²) in [5.74, 6) is 0.866. The van der Waals surface area contributed by atoms with Gasteiger partial charge in [0.2, 0.25) is 5.91 Å². The molecule has 0 spiro atoms. The average molecular weight is 198 g/mol. The number of hydrogen-bond donors (Lipinski definition) is 2. The van der Waals surface area contributed by atoms with E-state index in [1.165, 1.54) is 12.8 Å². The standard InChI is InChI=1S/C11H22N2O/c1-3-7-11(2,12)10(14)13-8-6-9-4-5-9/h9H,3-8,12H2,1-2H3,(H,13,14). The quantitative estimate of drug-likeness (QED) is 0.678. The molecule has 0 aromatic rings. The summed E-state index contributed by atoms with van der Waals surface area (Å²) < 4.78 is 0. The van der Waals surface area contributed by atoms with Gasteiger partial charge in [-0.1, -0.05) is 26.2 Å². The van der Waals surface area contributed by atoms with Gasteiger partial charge in [-0.15, -0.1) is 0 Å². The first kappa shape index (κ1) is 11.5. The highest BCUT2D eigenvalue weighted by atomic mass is 16.2. The smallest absolute Gasteiger partial charge is 0.239 e. The Kier molecular flexibility index (Phi) is 3.93. The van der Waals surface area contributed by atoms with Crippen LogP contribution in [0.4, 0.5) is 0 Å². The molecule has 0 heterocycles. The molecule has 3 nitrogen and oxygen atoms in total. The van der Waals surface area contributed by atoms with Crippen molar-refractivity contribution < 1.29 is 4.79 Å². The summed E-state index contributed by atoms with van der Waals surface area (Å²) in [5.41, 5.74) is 5.21. The molecule has 1 rings (SSSR count). The molecule has 1 saturated carbocycles. The summed E-state index contributed by atoms with van der Waals surface area (Å²) in [6, 6.07) is 0. The lowest BCUT2D eigenvalue weighted by atomic mass is 9.96. The number of carbonyl (C=O) groups excluding carboxylic acids is 1. The lowest BCUT2D eigenvalue weighted by molar-refractivity contribution is -0.126. The fraction of sp³-hybridized carbons (Fsp3) is 0.909. The zero-order chi connectivity index (χ0) is 10.6. The van der Waals surface area contributed by atoms with E-state index in [9.17, 15) is 4.79 Å². The Morgan fingerprint density at radius 3 is 2.71 bits per heavy atom. The number of hydrogen-bond acceptors (Lipinski definition) is 2. The van der Waals surface area contributed by atoms with Crippen LogP contribution in [0, 0.1) is 5.92 Å². The monoisotopic (exact) mass is 198 g/mol. The highest BCUT2D eigenvalue weighted by molar-refractivity contribution is 5.85. The summed E-state index contributed by atoms with van der Waals surface area (Å²) in [4.78, 5) is 11.6. The Labute approximate surface area is 86.4 Å². The van der Waals surface area contributed by atoms with Gasteiger partial charge in [0.25, 0.3) is 0 Å². The summed E-state index contributed by atoms with van der Waals surface area (Å²) in [6.07, 6.45) is 5.49. The van der Waals surface area contributed by atoms with Crippen molar-refractivity contribution in [1.29, 1.82) is 0 Å². The van der Waals surface area contributed by atoms with E-state index in [0.29, 0.717) is 0 Å². The second-order valence-corrected chi connectivity index (χ2v) is 4.66. The van der Waals surface area contributed by atoms with Gasteiger partial charge in [0.05, 0.1) is 5.54 Å². The minimum Gasteiger partial charge on any atom is -0.355 e. The van der Waals surface area contributed by atoms with Crippen molar-refractivity contribution in [3.63, 3.8) is 0 Å². The van der Waals surface area contributed by atoms with Crippen LogP contribution in [0.3, 0.4) is 0 Å². The number of nitrogens with one attached hydrogen (secondary N) is 1. The van der Waals surface area contributed by atoms with Crippen molar-refractivity contribution >= 4 is 5.91 Å². The van der Waals surface area contributed by atoms with Crippen LogP contribution in [0.5, 0.6) is 0 Å².